The summed E-state index contributed by atoms with van der Waals surface area (Å²) in [5.74, 6) is 1.18. The predicted octanol–water partition coefficient (Wildman–Crippen LogP) is 4.59. The van der Waals surface area contributed by atoms with Crippen LogP contribution in [0.3, 0.4) is 0 Å². The Bertz CT molecular complexity index is 1230. The molecule has 1 N–H and O–H groups in total. The SMILES string of the molecule is CCCNC(=O)c1coc(COc2ccc3c(c2)[C@@H](c2cccc(C)c2)N(C(=O)C2CC2)CC3)n1. The molecular weight excluding hydrogens is 442 g/mol. The van der Waals surface area contributed by atoms with Crippen molar-refractivity contribution in [1.82, 2.24) is 15.2 Å². The molecule has 3 aromatic rings. The first-order chi connectivity index (χ1) is 17.0. The van der Waals surface area contributed by atoms with Crippen molar-refractivity contribution in [3.05, 3.63) is 82.6 Å². The monoisotopic (exact) mass is 473 g/mol. The van der Waals surface area contributed by atoms with Crippen LogP contribution in [0.5, 0.6) is 5.75 Å². The van der Waals surface area contributed by atoms with Crippen LogP contribution >= 0.6 is 0 Å². The Balaban J connectivity index is 1.38. The molecule has 2 amide bonds. The molecule has 0 spiro atoms. The Hall–Kier alpha value is -3.61. The van der Waals surface area contributed by atoms with Gasteiger partial charge in [-0.3, -0.25) is 9.59 Å². The van der Waals surface area contributed by atoms with Gasteiger partial charge in [0.05, 0.1) is 6.04 Å². The van der Waals surface area contributed by atoms with E-state index in [4.69, 9.17) is 9.15 Å². The number of amides is 2. The standard InChI is InChI=1S/C28H31N3O4/c1-3-12-29-27(32)24-16-35-25(30-24)17-34-22-10-9-19-11-13-31(28(33)20-7-8-20)26(23(19)15-22)21-6-4-5-18(2)14-21/h4-6,9-10,14-16,20,26H,3,7-8,11-13,17H2,1-2H3,(H,29,32)/t26-/m1/s1. The van der Waals surface area contributed by atoms with E-state index in [1.165, 1.54) is 17.4 Å². The Morgan fingerprint density at radius 2 is 2.06 bits per heavy atom. The van der Waals surface area contributed by atoms with Gasteiger partial charge in [0.25, 0.3) is 5.91 Å². The molecule has 1 atom stereocenters. The van der Waals surface area contributed by atoms with E-state index in [0.717, 1.165) is 43.4 Å². The van der Waals surface area contributed by atoms with Crippen molar-refractivity contribution < 1.29 is 18.7 Å². The minimum atomic E-state index is -0.253. The number of rotatable bonds is 8. The highest BCUT2D eigenvalue weighted by molar-refractivity contribution is 5.91. The average molecular weight is 474 g/mol. The number of benzene rings is 2. The van der Waals surface area contributed by atoms with Crippen LogP contribution in [-0.4, -0.2) is 34.8 Å². The van der Waals surface area contributed by atoms with E-state index < -0.39 is 0 Å². The zero-order chi connectivity index (χ0) is 24.4. The summed E-state index contributed by atoms with van der Waals surface area (Å²) in [4.78, 5) is 31.6. The van der Waals surface area contributed by atoms with Crippen LogP contribution in [0, 0.1) is 12.8 Å². The highest BCUT2D eigenvalue weighted by Gasteiger charge is 2.39. The maximum absolute atomic E-state index is 13.2. The third-order valence-electron chi connectivity index (χ3n) is 6.60. The Morgan fingerprint density at radius 3 is 2.83 bits per heavy atom. The van der Waals surface area contributed by atoms with Gasteiger partial charge in [0, 0.05) is 19.0 Å². The number of hydrogen-bond donors (Lipinski definition) is 1. The second-order valence-electron chi connectivity index (χ2n) is 9.40. The summed E-state index contributed by atoms with van der Waals surface area (Å²) in [5, 5.41) is 2.79. The highest BCUT2D eigenvalue weighted by atomic mass is 16.5. The van der Waals surface area contributed by atoms with E-state index in [-0.39, 0.29) is 36.1 Å². The van der Waals surface area contributed by atoms with Crippen molar-refractivity contribution in [2.45, 2.75) is 52.2 Å². The molecule has 35 heavy (non-hydrogen) atoms. The molecule has 182 valence electrons. The number of carbonyl (C=O) groups is 2. The minimum Gasteiger partial charge on any atom is -0.484 e. The largest absolute Gasteiger partial charge is 0.484 e. The second kappa shape index (κ2) is 9.94. The summed E-state index contributed by atoms with van der Waals surface area (Å²) in [6, 6.07) is 14.3. The van der Waals surface area contributed by atoms with E-state index >= 15 is 0 Å². The minimum absolute atomic E-state index is 0.111. The van der Waals surface area contributed by atoms with Gasteiger partial charge in [-0.05, 0) is 61.4 Å². The third-order valence-corrected chi connectivity index (χ3v) is 6.60. The fourth-order valence-corrected chi connectivity index (χ4v) is 4.64. The van der Waals surface area contributed by atoms with Gasteiger partial charge in [-0.25, -0.2) is 4.98 Å². The number of hydrogen-bond acceptors (Lipinski definition) is 5. The zero-order valence-electron chi connectivity index (χ0n) is 20.3. The maximum atomic E-state index is 13.2. The highest BCUT2D eigenvalue weighted by Crippen LogP contribution is 2.41. The predicted molar refractivity (Wildman–Crippen MR) is 131 cm³/mol. The summed E-state index contributed by atoms with van der Waals surface area (Å²) in [5.41, 5.74) is 4.86. The summed E-state index contributed by atoms with van der Waals surface area (Å²) in [6.45, 7) is 5.49. The number of ether oxygens (including phenoxy) is 1. The molecule has 1 aromatic heterocycles. The number of aryl methyl sites for hydroxylation is 1. The molecule has 0 bridgehead atoms. The number of fused-ring (bicyclic) bond motifs is 1. The zero-order valence-corrected chi connectivity index (χ0v) is 20.3. The molecule has 7 heteroatoms. The van der Waals surface area contributed by atoms with Gasteiger partial charge in [-0.2, -0.15) is 0 Å². The molecule has 0 radical (unpaired) electrons. The van der Waals surface area contributed by atoms with Gasteiger partial charge in [0.2, 0.25) is 11.8 Å². The first kappa shape index (κ1) is 23.1. The summed E-state index contributed by atoms with van der Waals surface area (Å²) in [7, 11) is 0. The quantitative estimate of drug-likeness (QED) is 0.517. The first-order valence-corrected chi connectivity index (χ1v) is 12.4. The van der Waals surface area contributed by atoms with E-state index in [0.29, 0.717) is 18.2 Å². The molecule has 5 rings (SSSR count). The molecule has 1 fully saturated rings. The molecule has 0 saturated heterocycles. The van der Waals surface area contributed by atoms with Crippen molar-refractivity contribution in [3.63, 3.8) is 0 Å². The van der Waals surface area contributed by atoms with Gasteiger partial charge < -0.3 is 19.4 Å². The average Bonchev–Trinajstić information content (AvgIpc) is 3.62. The number of carbonyl (C=O) groups excluding carboxylic acids is 2. The normalized spacial score (nSPS) is 17.1. The molecule has 1 aliphatic carbocycles. The lowest BCUT2D eigenvalue weighted by Gasteiger charge is -2.38. The van der Waals surface area contributed by atoms with Gasteiger partial charge in [-0.1, -0.05) is 42.8 Å². The molecule has 7 nitrogen and oxygen atoms in total. The van der Waals surface area contributed by atoms with Gasteiger partial charge in [0.1, 0.15) is 12.0 Å². The molecule has 1 saturated carbocycles. The van der Waals surface area contributed by atoms with Crippen molar-refractivity contribution in [2.24, 2.45) is 5.92 Å². The molecular formula is C28H31N3O4. The van der Waals surface area contributed by atoms with Crippen LogP contribution in [0.25, 0.3) is 0 Å². The van der Waals surface area contributed by atoms with E-state index in [1.54, 1.807) is 0 Å². The first-order valence-electron chi connectivity index (χ1n) is 12.4. The van der Waals surface area contributed by atoms with Crippen molar-refractivity contribution >= 4 is 11.8 Å². The van der Waals surface area contributed by atoms with Gasteiger partial charge in [-0.15, -0.1) is 0 Å². The third kappa shape index (κ3) is 5.09. The maximum Gasteiger partial charge on any atom is 0.273 e. The summed E-state index contributed by atoms with van der Waals surface area (Å²) in [6.07, 6.45) is 5.00. The van der Waals surface area contributed by atoms with Crippen LogP contribution in [-0.2, 0) is 17.8 Å². The lowest BCUT2D eigenvalue weighted by Crippen LogP contribution is -2.41. The molecule has 2 aromatic carbocycles. The van der Waals surface area contributed by atoms with E-state index in [2.05, 4.69) is 47.6 Å². The van der Waals surface area contributed by atoms with Gasteiger partial charge >= 0.3 is 0 Å². The molecule has 0 unspecified atom stereocenters. The Kier molecular flexibility index (Phi) is 6.57. The van der Waals surface area contributed by atoms with E-state index in [9.17, 15) is 9.59 Å². The van der Waals surface area contributed by atoms with Crippen LogP contribution in [0.4, 0.5) is 0 Å². The molecule has 1 aliphatic heterocycles. The smallest absolute Gasteiger partial charge is 0.273 e. The number of oxazole rings is 1. The second-order valence-corrected chi connectivity index (χ2v) is 9.40. The lowest BCUT2D eigenvalue weighted by atomic mass is 9.87. The number of nitrogens with one attached hydrogen (secondary N) is 1. The van der Waals surface area contributed by atoms with Crippen LogP contribution in [0.2, 0.25) is 0 Å². The van der Waals surface area contributed by atoms with Crippen molar-refractivity contribution in [2.75, 3.05) is 13.1 Å². The van der Waals surface area contributed by atoms with Crippen LogP contribution in [0.15, 0.2) is 53.1 Å². The van der Waals surface area contributed by atoms with Gasteiger partial charge in [0.15, 0.2) is 12.3 Å². The fourth-order valence-electron chi connectivity index (χ4n) is 4.64. The molecule has 2 heterocycles. The van der Waals surface area contributed by atoms with Crippen molar-refractivity contribution in [1.29, 1.82) is 0 Å². The molecule has 2 aliphatic rings. The topological polar surface area (TPSA) is 84.7 Å². The lowest BCUT2D eigenvalue weighted by molar-refractivity contribution is -0.134. The Morgan fingerprint density at radius 1 is 1.20 bits per heavy atom. The Labute approximate surface area is 205 Å². The fraction of sp³-hybridized carbons (Fsp3) is 0.393. The summed E-state index contributed by atoms with van der Waals surface area (Å²) < 4.78 is 11.4. The van der Waals surface area contributed by atoms with Crippen LogP contribution < -0.4 is 10.1 Å². The summed E-state index contributed by atoms with van der Waals surface area (Å²) >= 11 is 0. The number of aromatic nitrogens is 1. The van der Waals surface area contributed by atoms with E-state index in [1.807, 2.05) is 24.0 Å². The number of nitrogens with zero attached hydrogens (tertiary/aromatic N) is 2. The van der Waals surface area contributed by atoms with Crippen molar-refractivity contribution in [3.8, 4) is 5.75 Å². The van der Waals surface area contributed by atoms with Crippen LogP contribution in [0.1, 0.15) is 70.9 Å².